The first kappa shape index (κ1) is 18.0. The third-order valence-electron chi connectivity index (χ3n) is 3.81. The monoisotopic (exact) mass is 327 g/mol. The van der Waals surface area contributed by atoms with Crippen molar-refractivity contribution in [2.75, 3.05) is 33.9 Å². The second-order valence-electron chi connectivity index (χ2n) is 5.62. The Bertz CT molecular complexity index is 628. The summed E-state index contributed by atoms with van der Waals surface area (Å²) < 4.78 is 10.9. The number of hydrogen-bond donors (Lipinski definition) is 0. The zero-order chi connectivity index (χ0) is 17.2. The van der Waals surface area contributed by atoms with E-state index in [9.17, 15) is 4.79 Å². The minimum Gasteiger partial charge on any atom is -0.492 e. The van der Waals surface area contributed by atoms with Crippen LogP contribution < -0.4 is 4.74 Å². The molecule has 0 aliphatic heterocycles. The van der Waals surface area contributed by atoms with E-state index < -0.39 is 0 Å². The molecular formula is C20H25NO3. The van der Waals surface area contributed by atoms with Gasteiger partial charge in [-0.05, 0) is 18.1 Å². The molecule has 0 aliphatic rings. The number of rotatable bonds is 9. The zero-order valence-corrected chi connectivity index (χ0v) is 14.4. The lowest BCUT2D eigenvalue weighted by Crippen LogP contribution is -2.29. The summed E-state index contributed by atoms with van der Waals surface area (Å²) in [5, 5.41) is 0. The Morgan fingerprint density at radius 3 is 2.46 bits per heavy atom. The summed E-state index contributed by atoms with van der Waals surface area (Å²) in [6.45, 7) is 1.74. The lowest BCUT2D eigenvalue weighted by molar-refractivity contribution is -0.130. The van der Waals surface area contributed by atoms with Gasteiger partial charge in [0, 0.05) is 32.9 Å². The van der Waals surface area contributed by atoms with Crippen LogP contribution >= 0.6 is 0 Å². The minimum absolute atomic E-state index is 0.0864. The van der Waals surface area contributed by atoms with E-state index in [0.29, 0.717) is 26.2 Å². The van der Waals surface area contributed by atoms with Gasteiger partial charge in [-0.3, -0.25) is 4.79 Å². The van der Waals surface area contributed by atoms with Gasteiger partial charge in [0.1, 0.15) is 5.75 Å². The smallest absolute Gasteiger partial charge is 0.225 e. The first-order valence-electron chi connectivity index (χ1n) is 8.22. The van der Waals surface area contributed by atoms with Gasteiger partial charge in [0.05, 0.1) is 13.0 Å². The first-order chi connectivity index (χ1) is 11.7. The number of carbonyl (C=O) groups excluding carboxylic acids is 1. The standard InChI is InChI=1S/C20H25NO3/c1-21(14-8-15-23-2)20(22)13-16-24-19-12-7-6-11-18(19)17-9-4-3-5-10-17/h3-7,9-12H,8,13-16H2,1-2H3. The molecule has 4 nitrogen and oxygen atoms in total. The van der Waals surface area contributed by atoms with E-state index in [1.807, 2.05) is 49.5 Å². The third-order valence-corrected chi connectivity index (χ3v) is 3.81. The Hall–Kier alpha value is -2.33. The number of hydrogen-bond acceptors (Lipinski definition) is 3. The number of para-hydroxylation sites is 1. The summed E-state index contributed by atoms with van der Waals surface area (Å²) in [6.07, 6.45) is 1.21. The average molecular weight is 327 g/mol. The Balaban J connectivity index is 1.88. The number of carbonyl (C=O) groups is 1. The summed E-state index contributed by atoms with van der Waals surface area (Å²) in [6, 6.07) is 18.0. The molecule has 0 saturated heterocycles. The van der Waals surface area contributed by atoms with Crippen molar-refractivity contribution in [3.05, 3.63) is 54.6 Å². The second-order valence-corrected chi connectivity index (χ2v) is 5.62. The topological polar surface area (TPSA) is 38.8 Å². The average Bonchev–Trinajstić information content (AvgIpc) is 2.63. The van der Waals surface area contributed by atoms with Crippen LogP contribution in [0.3, 0.4) is 0 Å². The highest BCUT2D eigenvalue weighted by Gasteiger charge is 2.10. The van der Waals surface area contributed by atoms with Crippen LogP contribution in [0, 0.1) is 0 Å². The predicted molar refractivity (Wildman–Crippen MR) is 96.1 cm³/mol. The van der Waals surface area contributed by atoms with Crippen LogP contribution in [0.15, 0.2) is 54.6 Å². The Kier molecular flexibility index (Phi) is 7.30. The van der Waals surface area contributed by atoms with Crippen LogP contribution in [0.2, 0.25) is 0 Å². The van der Waals surface area contributed by atoms with E-state index in [4.69, 9.17) is 9.47 Å². The predicted octanol–water partition coefficient (Wildman–Crippen LogP) is 3.62. The molecule has 0 aliphatic carbocycles. The van der Waals surface area contributed by atoms with E-state index in [-0.39, 0.29) is 5.91 Å². The van der Waals surface area contributed by atoms with Crippen molar-refractivity contribution in [2.45, 2.75) is 12.8 Å². The molecule has 0 radical (unpaired) electrons. The van der Waals surface area contributed by atoms with Gasteiger partial charge >= 0.3 is 0 Å². The number of amides is 1. The molecule has 0 spiro atoms. The van der Waals surface area contributed by atoms with Crippen molar-refractivity contribution in [1.82, 2.24) is 4.90 Å². The van der Waals surface area contributed by atoms with Crippen LogP contribution in [0.4, 0.5) is 0 Å². The molecule has 2 aromatic rings. The molecule has 0 fully saturated rings. The number of ether oxygens (including phenoxy) is 2. The van der Waals surface area contributed by atoms with Gasteiger partial charge in [-0.2, -0.15) is 0 Å². The lowest BCUT2D eigenvalue weighted by atomic mass is 10.1. The van der Waals surface area contributed by atoms with Crippen molar-refractivity contribution in [2.24, 2.45) is 0 Å². The van der Waals surface area contributed by atoms with Gasteiger partial charge in [0.15, 0.2) is 0 Å². The molecule has 0 saturated carbocycles. The molecule has 24 heavy (non-hydrogen) atoms. The fraction of sp³-hybridized carbons (Fsp3) is 0.350. The van der Waals surface area contributed by atoms with E-state index in [1.165, 1.54) is 0 Å². The molecule has 128 valence electrons. The highest BCUT2D eigenvalue weighted by atomic mass is 16.5. The quantitative estimate of drug-likeness (QED) is 0.660. The maximum atomic E-state index is 12.1. The molecule has 0 atom stereocenters. The van der Waals surface area contributed by atoms with Gasteiger partial charge in [0.2, 0.25) is 5.91 Å². The molecule has 0 aromatic heterocycles. The van der Waals surface area contributed by atoms with Crippen molar-refractivity contribution in [3.8, 4) is 16.9 Å². The highest BCUT2D eigenvalue weighted by molar-refractivity contribution is 5.76. The molecule has 2 aromatic carbocycles. The fourth-order valence-electron chi connectivity index (χ4n) is 2.46. The normalized spacial score (nSPS) is 10.4. The van der Waals surface area contributed by atoms with Crippen molar-refractivity contribution in [1.29, 1.82) is 0 Å². The summed E-state index contributed by atoms with van der Waals surface area (Å²) in [4.78, 5) is 13.8. The summed E-state index contributed by atoms with van der Waals surface area (Å²) in [7, 11) is 3.48. The lowest BCUT2D eigenvalue weighted by Gasteiger charge is -2.17. The van der Waals surface area contributed by atoms with E-state index in [2.05, 4.69) is 12.1 Å². The second kappa shape index (κ2) is 9.73. The van der Waals surface area contributed by atoms with Gasteiger partial charge in [-0.25, -0.2) is 0 Å². The van der Waals surface area contributed by atoms with Gasteiger partial charge < -0.3 is 14.4 Å². The van der Waals surface area contributed by atoms with Gasteiger partial charge in [-0.1, -0.05) is 48.5 Å². The summed E-state index contributed by atoms with van der Waals surface area (Å²) >= 11 is 0. The van der Waals surface area contributed by atoms with Crippen LogP contribution in [-0.2, 0) is 9.53 Å². The Morgan fingerprint density at radius 1 is 1.00 bits per heavy atom. The van der Waals surface area contributed by atoms with E-state index in [0.717, 1.165) is 23.3 Å². The molecule has 0 bridgehead atoms. The number of benzene rings is 2. The third kappa shape index (κ3) is 5.39. The van der Waals surface area contributed by atoms with Crippen molar-refractivity contribution >= 4 is 5.91 Å². The summed E-state index contributed by atoms with van der Waals surface area (Å²) in [5.41, 5.74) is 2.15. The molecular weight excluding hydrogens is 302 g/mol. The van der Waals surface area contributed by atoms with Crippen LogP contribution in [-0.4, -0.2) is 44.7 Å². The molecule has 0 unspecified atom stereocenters. The summed E-state index contributed by atoms with van der Waals surface area (Å²) in [5.74, 6) is 0.891. The fourth-order valence-corrected chi connectivity index (χ4v) is 2.46. The minimum atomic E-state index is 0.0864. The molecule has 2 rings (SSSR count). The molecule has 0 heterocycles. The largest absolute Gasteiger partial charge is 0.492 e. The Morgan fingerprint density at radius 2 is 1.71 bits per heavy atom. The zero-order valence-electron chi connectivity index (χ0n) is 14.4. The molecule has 0 N–H and O–H groups in total. The van der Waals surface area contributed by atoms with Crippen LogP contribution in [0.25, 0.3) is 11.1 Å². The SMILES string of the molecule is COCCCN(C)C(=O)CCOc1ccccc1-c1ccccc1. The maximum Gasteiger partial charge on any atom is 0.225 e. The van der Waals surface area contributed by atoms with Crippen LogP contribution in [0.5, 0.6) is 5.75 Å². The van der Waals surface area contributed by atoms with Crippen molar-refractivity contribution < 1.29 is 14.3 Å². The maximum absolute atomic E-state index is 12.1. The van der Waals surface area contributed by atoms with Crippen LogP contribution in [0.1, 0.15) is 12.8 Å². The van der Waals surface area contributed by atoms with Gasteiger partial charge in [0.25, 0.3) is 0 Å². The van der Waals surface area contributed by atoms with E-state index >= 15 is 0 Å². The number of nitrogens with zero attached hydrogens (tertiary/aromatic N) is 1. The molecule has 4 heteroatoms. The van der Waals surface area contributed by atoms with E-state index in [1.54, 1.807) is 12.0 Å². The first-order valence-corrected chi connectivity index (χ1v) is 8.22. The Labute approximate surface area is 144 Å². The van der Waals surface area contributed by atoms with Gasteiger partial charge in [-0.15, -0.1) is 0 Å². The number of methoxy groups -OCH3 is 1. The highest BCUT2D eigenvalue weighted by Crippen LogP contribution is 2.29. The van der Waals surface area contributed by atoms with Crippen molar-refractivity contribution in [3.63, 3.8) is 0 Å². The molecule has 1 amide bonds.